The lowest BCUT2D eigenvalue weighted by Gasteiger charge is -2.24. The summed E-state index contributed by atoms with van der Waals surface area (Å²) in [4.78, 5) is 2.52. The highest BCUT2D eigenvalue weighted by Crippen LogP contribution is 2.37. The molecule has 0 aliphatic carbocycles. The highest BCUT2D eigenvalue weighted by atomic mass is 32.1. The summed E-state index contributed by atoms with van der Waals surface area (Å²) in [6, 6.07) is 10.6. The van der Waals surface area contributed by atoms with E-state index in [1.165, 1.54) is 15.3 Å². The molecule has 2 heterocycles. The fourth-order valence-corrected chi connectivity index (χ4v) is 3.53. The van der Waals surface area contributed by atoms with Gasteiger partial charge in [-0.25, -0.2) is 5.43 Å². The van der Waals surface area contributed by atoms with E-state index in [0.29, 0.717) is 0 Å². The maximum absolute atomic E-state index is 5.87. The molecule has 2 aromatic rings. The molecule has 0 bridgehead atoms. The average Bonchev–Trinajstić information content (AvgIpc) is 2.86. The Bertz CT molecular complexity index is 579. The molecule has 19 heavy (non-hydrogen) atoms. The number of aryl methyl sites for hydroxylation is 2. The maximum Gasteiger partial charge on any atom is 0.127 e. The number of para-hydroxylation sites is 1. The summed E-state index contributed by atoms with van der Waals surface area (Å²) in [6.45, 7) is 2.91. The zero-order valence-electron chi connectivity index (χ0n) is 11.0. The Kier molecular flexibility index (Phi) is 3.55. The number of ether oxygens (including phenoxy) is 1. The first-order valence-corrected chi connectivity index (χ1v) is 7.38. The van der Waals surface area contributed by atoms with Gasteiger partial charge in [0.05, 0.1) is 12.6 Å². The Morgan fingerprint density at radius 1 is 1.32 bits per heavy atom. The summed E-state index contributed by atoms with van der Waals surface area (Å²) >= 11 is 1.77. The van der Waals surface area contributed by atoms with Crippen LogP contribution >= 0.6 is 11.3 Å². The number of benzene rings is 1. The van der Waals surface area contributed by atoms with Crippen molar-refractivity contribution in [1.29, 1.82) is 0 Å². The van der Waals surface area contributed by atoms with Gasteiger partial charge in [0.1, 0.15) is 5.75 Å². The minimum Gasteiger partial charge on any atom is -0.493 e. The van der Waals surface area contributed by atoms with Crippen LogP contribution < -0.4 is 16.0 Å². The standard InChI is InChI=1S/C15H18N2OS/c1-10-7-8-13(19-10)14(17-16)12-6-2-4-11-5-3-9-18-15(11)12/h2,4,6-8,14,17H,3,5,9,16H2,1H3. The van der Waals surface area contributed by atoms with Crippen LogP contribution in [-0.2, 0) is 6.42 Å². The third kappa shape index (κ3) is 2.39. The first-order valence-electron chi connectivity index (χ1n) is 6.56. The molecule has 0 radical (unpaired) electrons. The lowest BCUT2D eigenvalue weighted by atomic mass is 9.97. The summed E-state index contributed by atoms with van der Waals surface area (Å²) in [5, 5.41) is 0. The van der Waals surface area contributed by atoms with Gasteiger partial charge in [0.25, 0.3) is 0 Å². The van der Waals surface area contributed by atoms with Gasteiger partial charge in [-0.3, -0.25) is 5.84 Å². The molecular weight excluding hydrogens is 256 g/mol. The Morgan fingerprint density at radius 3 is 2.95 bits per heavy atom. The molecule has 1 unspecified atom stereocenters. The Hall–Kier alpha value is -1.36. The van der Waals surface area contributed by atoms with Gasteiger partial charge >= 0.3 is 0 Å². The van der Waals surface area contributed by atoms with Gasteiger partial charge in [0.2, 0.25) is 0 Å². The van der Waals surface area contributed by atoms with Crippen molar-refractivity contribution in [3.8, 4) is 5.75 Å². The number of nitrogens with two attached hydrogens (primary N) is 1. The lowest BCUT2D eigenvalue weighted by Crippen LogP contribution is -2.29. The number of fused-ring (bicyclic) bond motifs is 1. The van der Waals surface area contributed by atoms with Gasteiger partial charge in [-0.05, 0) is 37.5 Å². The average molecular weight is 274 g/mol. The van der Waals surface area contributed by atoms with Gasteiger partial charge in [-0.1, -0.05) is 18.2 Å². The number of nitrogens with one attached hydrogen (secondary N) is 1. The van der Waals surface area contributed by atoms with Crippen molar-refractivity contribution in [3.63, 3.8) is 0 Å². The Morgan fingerprint density at radius 2 is 2.21 bits per heavy atom. The second kappa shape index (κ2) is 5.33. The summed E-state index contributed by atoms with van der Waals surface area (Å²) in [7, 11) is 0. The number of thiophene rings is 1. The van der Waals surface area contributed by atoms with E-state index >= 15 is 0 Å². The van der Waals surface area contributed by atoms with Crippen LogP contribution in [0.15, 0.2) is 30.3 Å². The number of hydrogen-bond acceptors (Lipinski definition) is 4. The quantitative estimate of drug-likeness (QED) is 0.668. The van der Waals surface area contributed by atoms with E-state index in [4.69, 9.17) is 10.6 Å². The molecule has 100 valence electrons. The van der Waals surface area contributed by atoms with Gasteiger partial charge in [-0.2, -0.15) is 0 Å². The first kappa shape index (κ1) is 12.7. The van der Waals surface area contributed by atoms with Crippen LogP contribution in [0.3, 0.4) is 0 Å². The zero-order chi connectivity index (χ0) is 13.2. The molecule has 0 saturated heterocycles. The van der Waals surface area contributed by atoms with Gasteiger partial charge < -0.3 is 4.74 Å². The molecule has 4 heteroatoms. The van der Waals surface area contributed by atoms with Crippen molar-refractivity contribution < 1.29 is 4.74 Å². The predicted octanol–water partition coefficient (Wildman–Crippen LogP) is 2.93. The molecule has 3 nitrogen and oxygen atoms in total. The molecule has 1 aromatic carbocycles. The molecule has 0 spiro atoms. The lowest BCUT2D eigenvalue weighted by molar-refractivity contribution is 0.283. The molecule has 3 N–H and O–H groups in total. The first-order chi connectivity index (χ1) is 9.29. The summed E-state index contributed by atoms with van der Waals surface area (Å²) in [5.74, 6) is 6.80. The number of hydrogen-bond donors (Lipinski definition) is 2. The second-order valence-electron chi connectivity index (χ2n) is 4.84. The molecule has 1 aromatic heterocycles. The largest absolute Gasteiger partial charge is 0.493 e. The maximum atomic E-state index is 5.87. The van der Waals surface area contributed by atoms with E-state index < -0.39 is 0 Å². The van der Waals surface area contributed by atoms with Crippen LogP contribution in [0.2, 0.25) is 0 Å². The topological polar surface area (TPSA) is 47.3 Å². The van der Waals surface area contributed by atoms with Crippen LogP contribution in [0.25, 0.3) is 0 Å². The fourth-order valence-electron chi connectivity index (χ4n) is 2.58. The summed E-state index contributed by atoms with van der Waals surface area (Å²) in [5.41, 5.74) is 5.36. The van der Waals surface area contributed by atoms with Crippen molar-refractivity contribution in [1.82, 2.24) is 5.43 Å². The van der Waals surface area contributed by atoms with Crippen molar-refractivity contribution in [2.24, 2.45) is 5.84 Å². The summed E-state index contributed by atoms with van der Waals surface area (Å²) < 4.78 is 5.87. The highest BCUT2D eigenvalue weighted by Gasteiger charge is 2.22. The SMILES string of the molecule is Cc1ccc(C(NN)c2cccc3c2OCCC3)s1. The van der Waals surface area contributed by atoms with Crippen molar-refractivity contribution in [2.75, 3.05) is 6.61 Å². The zero-order valence-corrected chi connectivity index (χ0v) is 11.8. The molecule has 0 saturated carbocycles. The van der Waals surface area contributed by atoms with E-state index in [9.17, 15) is 0 Å². The van der Waals surface area contributed by atoms with Crippen molar-refractivity contribution >= 4 is 11.3 Å². The van der Waals surface area contributed by atoms with E-state index in [2.05, 4.69) is 42.7 Å². The van der Waals surface area contributed by atoms with Crippen LogP contribution in [0.4, 0.5) is 0 Å². The van der Waals surface area contributed by atoms with Crippen LogP contribution in [-0.4, -0.2) is 6.61 Å². The van der Waals surface area contributed by atoms with Gasteiger partial charge in [0, 0.05) is 15.3 Å². The minimum atomic E-state index is 0.00625. The third-order valence-corrected chi connectivity index (χ3v) is 4.55. The Balaban J connectivity index is 2.04. The minimum absolute atomic E-state index is 0.00625. The van der Waals surface area contributed by atoms with Gasteiger partial charge in [0.15, 0.2) is 0 Å². The van der Waals surface area contributed by atoms with Gasteiger partial charge in [-0.15, -0.1) is 11.3 Å². The van der Waals surface area contributed by atoms with E-state index in [1.807, 2.05) is 0 Å². The second-order valence-corrected chi connectivity index (χ2v) is 6.16. The molecule has 1 aliphatic heterocycles. The smallest absolute Gasteiger partial charge is 0.127 e. The van der Waals surface area contributed by atoms with Crippen molar-refractivity contribution in [2.45, 2.75) is 25.8 Å². The third-order valence-electron chi connectivity index (χ3n) is 3.49. The van der Waals surface area contributed by atoms with Crippen LogP contribution in [0.1, 0.15) is 33.3 Å². The highest BCUT2D eigenvalue weighted by molar-refractivity contribution is 7.12. The monoisotopic (exact) mass is 274 g/mol. The van der Waals surface area contributed by atoms with E-state index in [1.54, 1.807) is 11.3 Å². The molecule has 1 atom stereocenters. The molecule has 3 rings (SSSR count). The van der Waals surface area contributed by atoms with E-state index in [-0.39, 0.29) is 6.04 Å². The Labute approximate surface area is 117 Å². The van der Waals surface area contributed by atoms with Crippen molar-refractivity contribution in [3.05, 3.63) is 51.2 Å². The van der Waals surface area contributed by atoms with E-state index in [0.717, 1.165) is 30.8 Å². The fraction of sp³-hybridized carbons (Fsp3) is 0.333. The molecular formula is C15H18N2OS. The molecule has 0 fully saturated rings. The van der Waals surface area contributed by atoms with Crippen LogP contribution in [0.5, 0.6) is 5.75 Å². The van der Waals surface area contributed by atoms with Crippen LogP contribution in [0, 0.1) is 6.92 Å². The molecule has 1 aliphatic rings. The number of hydrazine groups is 1. The predicted molar refractivity (Wildman–Crippen MR) is 78.5 cm³/mol. The normalized spacial score (nSPS) is 15.7. The summed E-state index contributed by atoms with van der Waals surface area (Å²) in [6.07, 6.45) is 2.18. The number of rotatable bonds is 3. The molecule has 0 amide bonds.